The molecule has 0 radical (unpaired) electrons. The highest BCUT2D eigenvalue weighted by atomic mass is 79.9. The molecule has 2 rings (SSSR count). The summed E-state index contributed by atoms with van der Waals surface area (Å²) in [5.41, 5.74) is 0.0267. The summed E-state index contributed by atoms with van der Waals surface area (Å²) in [7, 11) is 0. The van der Waals surface area contributed by atoms with Crippen molar-refractivity contribution in [2.24, 2.45) is 0 Å². The van der Waals surface area contributed by atoms with Crippen LogP contribution >= 0.6 is 39.2 Å². The first-order valence-corrected chi connectivity index (χ1v) is 8.76. The van der Waals surface area contributed by atoms with Crippen molar-refractivity contribution >= 4 is 39.2 Å². The summed E-state index contributed by atoms with van der Waals surface area (Å²) in [5, 5.41) is 1.82. The highest BCUT2D eigenvalue weighted by Crippen LogP contribution is 2.44. The molecule has 1 heterocycles. The van der Waals surface area contributed by atoms with Crippen LogP contribution in [0.2, 0.25) is 0 Å². The van der Waals surface area contributed by atoms with Gasteiger partial charge in [-0.05, 0) is 51.6 Å². The van der Waals surface area contributed by atoms with Crippen LogP contribution in [-0.4, -0.2) is 17.0 Å². The number of hydrogen-bond donors (Lipinski definition) is 0. The highest BCUT2D eigenvalue weighted by molar-refractivity contribution is 9.10. The summed E-state index contributed by atoms with van der Waals surface area (Å²) in [5.74, 6) is -0.553. The van der Waals surface area contributed by atoms with Gasteiger partial charge in [-0.25, -0.2) is 8.70 Å². The van der Waals surface area contributed by atoms with Crippen LogP contribution < -0.4 is 0 Å². The van der Waals surface area contributed by atoms with Crippen LogP contribution in [0, 0.1) is 5.82 Å². The van der Waals surface area contributed by atoms with Gasteiger partial charge in [-0.1, -0.05) is 19.1 Å². The molecule has 1 aromatic carbocycles. The Morgan fingerprint density at radius 1 is 1.27 bits per heavy atom. The lowest BCUT2D eigenvalue weighted by Gasteiger charge is -2.31. The van der Waals surface area contributed by atoms with Crippen molar-refractivity contribution < 1.29 is 17.6 Å². The van der Waals surface area contributed by atoms with Crippen LogP contribution in [0.3, 0.4) is 0 Å². The lowest BCUT2D eigenvalue weighted by molar-refractivity contribution is -0.172. The quantitative estimate of drug-likeness (QED) is 0.418. The maximum atomic E-state index is 13.5. The maximum Gasteiger partial charge on any atom is 0.408 e. The molecule has 1 atom stereocenters. The topological polar surface area (TPSA) is 3.24 Å². The van der Waals surface area contributed by atoms with Gasteiger partial charge in [0.15, 0.2) is 0 Å². The SMILES string of the molecule is CCN(Sc1cc(Br)cs1)C(c1ccc(F)cc1)C(F)(F)F. The molecule has 1 nitrogen and oxygen atoms in total. The molecule has 0 saturated heterocycles. The third kappa shape index (κ3) is 4.47. The Kier molecular flexibility index (Phi) is 5.93. The zero-order valence-corrected chi connectivity index (χ0v) is 14.6. The van der Waals surface area contributed by atoms with Gasteiger partial charge in [-0.3, -0.25) is 0 Å². The average molecular weight is 414 g/mol. The Bertz CT molecular complexity index is 612. The second-order valence-corrected chi connectivity index (χ2v) is 7.58. The number of benzene rings is 1. The minimum absolute atomic E-state index is 0.0267. The summed E-state index contributed by atoms with van der Waals surface area (Å²) in [4.78, 5) is 0. The summed E-state index contributed by atoms with van der Waals surface area (Å²) in [6.45, 7) is 1.86. The van der Waals surface area contributed by atoms with Crippen molar-refractivity contribution in [1.29, 1.82) is 0 Å². The van der Waals surface area contributed by atoms with E-state index < -0.39 is 18.0 Å². The van der Waals surface area contributed by atoms with Crippen molar-refractivity contribution in [3.8, 4) is 0 Å². The fourth-order valence-corrected chi connectivity index (χ4v) is 4.72. The average Bonchev–Trinajstić information content (AvgIpc) is 2.84. The number of rotatable bonds is 5. The Hall–Kier alpha value is -0.570. The van der Waals surface area contributed by atoms with E-state index in [1.165, 1.54) is 27.8 Å². The van der Waals surface area contributed by atoms with E-state index in [0.717, 1.165) is 32.8 Å². The van der Waals surface area contributed by atoms with Gasteiger partial charge in [0.05, 0.1) is 4.21 Å². The Labute approximate surface area is 142 Å². The van der Waals surface area contributed by atoms with Gasteiger partial charge in [0.1, 0.15) is 11.9 Å². The third-order valence-electron chi connectivity index (χ3n) is 2.85. The van der Waals surface area contributed by atoms with Gasteiger partial charge in [-0.2, -0.15) is 13.2 Å². The second-order valence-electron chi connectivity index (χ2n) is 4.40. The van der Waals surface area contributed by atoms with E-state index in [9.17, 15) is 17.6 Å². The van der Waals surface area contributed by atoms with Crippen LogP contribution in [0.15, 0.2) is 44.4 Å². The van der Waals surface area contributed by atoms with Gasteiger partial charge in [0.25, 0.3) is 0 Å². The lowest BCUT2D eigenvalue weighted by atomic mass is 10.1. The molecule has 0 aliphatic rings. The number of thiophene rings is 1. The van der Waals surface area contributed by atoms with Crippen molar-refractivity contribution in [2.45, 2.75) is 23.4 Å². The molecule has 0 saturated carbocycles. The number of nitrogens with zero attached hydrogens (tertiary/aromatic N) is 1. The molecule has 1 unspecified atom stereocenters. The Balaban J connectivity index is 2.31. The third-order valence-corrected chi connectivity index (χ3v) is 5.84. The van der Waals surface area contributed by atoms with E-state index in [2.05, 4.69) is 15.9 Å². The fourth-order valence-electron chi connectivity index (χ4n) is 1.92. The number of hydrogen-bond acceptors (Lipinski definition) is 3. The number of alkyl halides is 3. The molecule has 120 valence electrons. The van der Waals surface area contributed by atoms with Gasteiger partial charge >= 0.3 is 6.18 Å². The fraction of sp³-hybridized carbons (Fsp3) is 0.286. The zero-order chi connectivity index (χ0) is 16.3. The summed E-state index contributed by atoms with van der Waals surface area (Å²) in [6, 6.07) is 4.45. The molecular weight excluding hydrogens is 402 g/mol. The van der Waals surface area contributed by atoms with Gasteiger partial charge in [0, 0.05) is 16.4 Å². The molecule has 8 heteroatoms. The minimum Gasteiger partial charge on any atom is -0.230 e. The molecule has 22 heavy (non-hydrogen) atoms. The highest BCUT2D eigenvalue weighted by Gasteiger charge is 2.44. The molecule has 0 bridgehead atoms. The van der Waals surface area contributed by atoms with E-state index in [0.29, 0.717) is 0 Å². The molecule has 0 amide bonds. The van der Waals surface area contributed by atoms with Crippen LogP contribution in [0.1, 0.15) is 18.5 Å². The number of halogens is 5. The summed E-state index contributed by atoms with van der Waals surface area (Å²) >= 11 is 5.71. The predicted octanol–water partition coefficient (Wildman–Crippen LogP) is 6.28. The van der Waals surface area contributed by atoms with Crippen molar-refractivity contribution in [3.05, 3.63) is 51.6 Å². The lowest BCUT2D eigenvalue weighted by Crippen LogP contribution is -2.34. The largest absolute Gasteiger partial charge is 0.408 e. The van der Waals surface area contributed by atoms with Crippen LogP contribution in [0.4, 0.5) is 17.6 Å². The smallest absolute Gasteiger partial charge is 0.230 e. The summed E-state index contributed by atoms with van der Waals surface area (Å²) in [6.07, 6.45) is -4.45. The van der Waals surface area contributed by atoms with Gasteiger partial charge in [0.2, 0.25) is 0 Å². The maximum absolute atomic E-state index is 13.5. The molecule has 0 spiro atoms. The molecule has 0 fully saturated rings. The second kappa shape index (κ2) is 7.33. The van der Waals surface area contributed by atoms with Crippen molar-refractivity contribution in [2.75, 3.05) is 6.54 Å². The monoisotopic (exact) mass is 413 g/mol. The van der Waals surface area contributed by atoms with Crippen LogP contribution in [-0.2, 0) is 0 Å². The first kappa shape index (κ1) is 17.8. The Morgan fingerprint density at radius 3 is 2.36 bits per heavy atom. The molecule has 2 aromatic rings. The predicted molar refractivity (Wildman–Crippen MR) is 85.5 cm³/mol. The van der Waals surface area contributed by atoms with Crippen LogP contribution in [0.25, 0.3) is 0 Å². The van der Waals surface area contributed by atoms with Crippen molar-refractivity contribution in [1.82, 2.24) is 4.31 Å². The van der Waals surface area contributed by atoms with Gasteiger partial charge in [-0.15, -0.1) is 11.3 Å². The standard InChI is InChI=1S/C14H12BrF4NS2/c1-2-20(22-12-7-10(15)8-21-12)13(14(17,18)19)9-3-5-11(16)6-4-9/h3-8,13H,2H2,1H3. The first-order chi connectivity index (χ1) is 10.3. The molecule has 0 N–H and O–H groups in total. The van der Waals surface area contributed by atoms with E-state index in [4.69, 9.17) is 0 Å². The molecule has 0 aliphatic heterocycles. The van der Waals surface area contributed by atoms with Gasteiger partial charge < -0.3 is 0 Å². The molecule has 1 aromatic heterocycles. The Morgan fingerprint density at radius 2 is 1.91 bits per heavy atom. The minimum atomic E-state index is -4.45. The van der Waals surface area contributed by atoms with E-state index in [1.807, 2.05) is 5.38 Å². The van der Waals surface area contributed by atoms with Crippen LogP contribution in [0.5, 0.6) is 0 Å². The normalized spacial score (nSPS) is 13.6. The zero-order valence-electron chi connectivity index (χ0n) is 11.4. The molecular formula is C14H12BrF4NS2. The van der Waals surface area contributed by atoms with E-state index in [1.54, 1.807) is 13.0 Å². The summed E-state index contributed by atoms with van der Waals surface area (Å²) < 4.78 is 56.3. The van der Waals surface area contributed by atoms with E-state index >= 15 is 0 Å². The molecule has 0 aliphatic carbocycles. The van der Waals surface area contributed by atoms with E-state index in [-0.39, 0.29) is 12.1 Å². The van der Waals surface area contributed by atoms with Crippen molar-refractivity contribution in [3.63, 3.8) is 0 Å². The first-order valence-electron chi connectivity index (χ1n) is 6.32.